The van der Waals surface area contributed by atoms with Crippen LogP contribution in [0.3, 0.4) is 0 Å². The van der Waals surface area contributed by atoms with Crippen molar-refractivity contribution in [1.29, 1.82) is 0 Å². The summed E-state index contributed by atoms with van der Waals surface area (Å²) < 4.78 is 4.76. The van der Waals surface area contributed by atoms with Crippen LogP contribution >= 0.6 is 0 Å². The van der Waals surface area contributed by atoms with Gasteiger partial charge in [-0.2, -0.15) is 0 Å². The molecule has 0 aliphatic heterocycles. The zero-order chi connectivity index (χ0) is 39.7. The smallest absolute Gasteiger partial charge is 0.0542 e. The van der Waals surface area contributed by atoms with E-state index < -0.39 is 0 Å². The quantitative estimate of drug-likeness (QED) is 0.138. The Bertz CT molecular complexity index is 3060. The number of allylic oxidation sites excluding steroid dienone is 5. The summed E-state index contributed by atoms with van der Waals surface area (Å²) in [5, 5.41) is 3.67. The second-order valence-corrected chi connectivity index (χ2v) is 14.9. The van der Waals surface area contributed by atoms with Crippen molar-refractivity contribution < 1.29 is 0 Å². The van der Waals surface area contributed by atoms with E-state index in [-0.39, 0.29) is 0 Å². The molecule has 0 fully saturated rings. The number of nitrogens with zero attached hydrogens (tertiary/aromatic N) is 4. The van der Waals surface area contributed by atoms with Gasteiger partial charge in [0.1, 0.15) is 0 Å². The van der Waals surface area contributed by atoms with Gasteiger partial charge in [-0.05, 0) is 135 Å². The highest BCUT2D eigenvalue weighted by Gasteiger charge is 2.21. The number of anilines is 6. The molecule has 0 N–H and O–H groups in total. The summed E-state index contributed by atoms with van der Waals surface area (Å²) in [6, 6.07) is 63.4. The second kappa shape index (κ2) is 15.4. The molecule has 1 aliphatic rings. The van der Waals surface area contributed by atoms with Crippen molar-refractivity contribution in [3.05, 3.63) is 218 Å². The Kier molecular flexibility index (Phi) is 9.36. The SMILES string of the molecule is C=Cc1c(/C=C\C)c2cc(N(c3ccccc3)c3ccc(N(c4ccccc4)c4ccc5c(c4)c4ccccc4n5C4=CC=CCC4)cc3)ccc2n1-c1ccccc1. The van der Waals surface area contributed by atoms with Crippen LogP contribution in [-0.2, 0) is 0 Å². The summed E-state index contributed by atoms with van der Waals surface area (Å²) in [6.45, 7) is 6.32. The molecule has 0 atom stereocenters. The van der Waals surface area contributed by atoms with E-state index in [1.807, 2.05) is 6.08 Å². The molecule has 0 unspecified atom stereocenters. The number of hydrogen-bond acceptors (Lipinski definition) is 2. The number of para-hydroxylation sites is 4. The lowest BCUT2D eigenvalue weighted by Crippen LogP contribution is -2.12. The van der Waals surface area contributed by atoms with Gasteiger partial charge in [-0.25, -0.2) is 0 Å². The Morgan fingerprint density at radius 3 is 1.59 bits per heavy atom. The van der Waals surface area contributed by atoms with E-state index in [0.717, 1.165) is 69.4 Å². The summed E-state index contributed by atoms with van der Waals surface area (Å²) in [7, 11) is 0. The lowest BCUT2D eigenvalue weighted by molar-refractivity contribution is 0.979. The normalized spacial score (nSPS) is 12.7. The predicted molar refractivity (Wildman–Crippen MR) is 253 cm³/mol. The maximum Gasteiger partial charge on any atom is 0.0542 e. The van der Waals surface area contributed by atoms with E-state index in [1.165, 1.54) is 32.9 Å². The Hall–Kier alpha value is -7.56. The third-order valence-electron chi connectivity index (χ3n) is 11.4. The van der Waals surface area contributed by atoms with Crippen LogP contribution in [0, 0.1) is 0 Å². The molecule has 4 nitrogen and oxygen atoms in total. The van der Waals surface area contributed by atoms with Crippen molar-refractivity contribution in [2.75, 3.05) is 9.80 Å². The molecule has 59 heavy (non-hydrogen) atoms. The van der Waals surface area contributed by atoms with Gasteiger partial charge in [0.15, 0.2) is 0 Å². The fraction of sp³-hybridized carbons (Fsp3) is 0.0545. The first-order chi connectivity index (χ1) is 29.2. The zero-order valence-corrected chi connectivity index (χ0v) is 33.1. The van der Waals surface area contributed by atoms with Gasteiger partial charge in [0, 0.05) is 67.2 Å². The van der Waals surface area contributed by atoms with Crippen molar-refractivity contribution in [3.8, 4) is 5.69 Å². The molecule has 1 aliphatic carbocycles. The topological polar surface area (TPSA) is 16.3 Å². The average molecular weight is 761 g/mol. The molecule has 0 amide bonds. The van der Waals surface area contributed by atoms with Crippen molar-refractivity contribution in [2.24, 2.45) is 0 Å². The molecule has 4 heteroatoms. The van der Waals surface area contributed by atoms with Gasteiger partial charge in [-0.1, -0.05) is 104 Å². The molecule has 284 valence electrons. The Labute approximate surface area is 345 Å². The first kappa shape index (κ1) is 35.8. The van der Waals surface area contributed by atoms with E-state index >= 15 is 0 Å². The van der Waals surface area contributed by atoms with Crippen LogP contribution in [0.4, 0.5) is 34.1 Å². The number of aromatic nitrogens is 2. The summed E-state index contributed by atoms with van der Waals surface area (Å²) in [6.07, 6.45) is 15.1. The van der Waals surface area contributed by atoms with Gasteiger partial charge in [0.25, 0.3) is 0 Å². The van der Waals surface area contributed by atoms with E-state index in [1.54, 1.807) is 0 Å². The Morgan fingerprint density at radius 2 is 1.02 bits per heavy atom. The minimum Gasteiger partial charge on any atom is -0.313 e. The van der Waals surface area contributed by atoms with E-state index in [2.05, 4.69) is 239 Å². The first-order valence-electron chi connectivity index (χ1n) is 20.4. The third-order valence-corrected chi connectivity index (χ3v) is 11.4. The van der Waals surface area contributed by atoms with Gasteiger partial charge in [0.05, 0.1) is 22.2 Å². The van der Waals surface area contributed by atoms with Crippen LogP contribution < -0.4 is 9.80 Å². The molecule has 9 aromatic rings. The summed E-state index contributed by atoms with van der Waals surface area (Å²) in [5.74, 6) is 0. The fourth-order valence-corrected chi connectivity index (χ4v) is 8.85. The van der Waals surface area contributed by atoms with Gasteiger partial charge >= 0.3 is 0 Å². The van der Waals surface area contributed by atoms with Gasteiger partial charge in [-0.3, -0.25) is 0 Å². The molecule has 0 radical (unpaired) electrons. The van der Waals surface area contributed by atoms with Crippen molar-refractivity contribution in [3.63, 3.8) is 0 Å². The highest BCUT2D eigenvalue weighted by Crippen LogP contribution is 2.43. The van der Waals surface area contributed by atoms with E-state index in [0.29, 0.717) is 0 Å². The molecule has 0 saturated heterocycles. The number of rotatable bonds is 10. The molecular formula is C55H44N4. The maximum atomic E-state index is 4.25. The summed E-state index contributed by atoms with van der Waals surface area (Å²) in [5.41, 5.74) is 14.8. The fourth-order valence-electron chi connectivity index (χ4n) is 8.85. The molecule has 10 rings (SSSR count). The van der Waals surface area contributed by atoms with Crippen LogP contribution in [0.5, 0.6) is 0 Å². The predicted octanol–water partition coefficient (Wildman–Crippen LogP) is 15.5. The van der Waals surface area contributed by atoms with Gasteiger partial charge in [-0.15, -0.1) is 0 Å². The summed E-state index contributed by atoms with van der Waals surface area (Å²) >= 11 is 0. The number of hydrogen-bond donors (Lipinski definition) is 0. The van der Waals surface area contributed by atoms with Crippen LogP contribution in [0.15, 0.2) is 207 Å². The molecule has 0 bridgehead atoms. The monoisotopic (exact) mass is 760 g/mol. The molecule has 2 aromatic heterocycles. The lowest BCUT2D eigenvalue weighted by atomic mass is 10.1. The van der Waals surface area contributed by atoms with Crippen LogP contribution in [0.25, 0.3) is 56.2 Å². The van der Waals surface area contributed by atoms with Gasteiger partial charge < -0.3 is 18.9 Å². The van der Waals surface area contributed by atoms with Crippen LogP contribution in [0.2, 0.25) is 0 Å². The standard InChI is InChI=1S/C55H44N4/c1-3-19-48-50-38-46(34-36-54(50)58(52(48)4-2)42-24-13-7-14-25-42)56(40-20-9-5-10-21-40)44-30-32-45(33-31-44)57(41-22-11-6-12-23-41)47-35-37-55-51(39-47)49-28-17-18-29-53(49)59(55)43-26-15-8-16-27-43/h3-15,17-26,28-39H,2,16,27H2,1H3/b19-3-. The number of fused-ring (bicyclic) bond motifs is 4. The average Bonchev–Trinajstić information content (AvgIpc) is 3.80. The highest BCUT2D eigenvalue weighted by molar-refractivity contribution is 6.11. The van der Waals surface area contributed by atoms with Gasteiger partial charge in [0.2, 0.25) is 0 Å². The minimum absolute atomic E-state index is 1.02. The molecule has 7 aromatic carbocycles. The Balaban J connectivity index is 1.10. The van der Waals surface area contributed by atoms with Crippen molar-refractivity contribution in [1.82, 2.24) is 9.13 Å². The highest BCUT2D eigenvalue weighted by atomic mass is 15.2. The molecule has 0 saturated carbocycles. The molecular weight excluding hydrogens is 717 g/mol. The molecule has 0 spiro atoms. The van der Waals surface area contributed by atoms with Crippen LogP contribution in [0.1, 0.15) is 31.0 Å². The largest absolute Gasteiger partial charge is 0.313 e. The Morgan fingerprint density at radius 1 is 0.508 bits per heavy atom. The maximum absolute atomic E-state index is 4.25. The zero-order valence-electron chi connectivity index (χ0n) is 33.1. The van der Waals surface area contributed by atoms with E-state index in [9.17, 15) is 0 Å². The van der Waals surface area contributed by atoms with Crippen LogP contribution in [-0.4, -0.2) is 9.13 Å². The third kappa shape index (κ3) is 6.36. The first-order valence-corrected chi connectivity index (χ1v) is 20.4. The van der Waals surface area contributed by atoms with Crippen molar-refractivity contribution in [2.45, 2.75) is 19.8 Å². The lowest BCUT2D eigenvalue weighted by Gasteiger charge is -2.28. The molecule has 2 heterocycles. The van der Waals surface area contributed by atoms with E-state index in [4.69, 9.17) is 0 Å². The van der Waals surface area contributed by atoms with Crippen molar-refractivity contribution >= 4 is 84.7 Å². The minimum atomic E-state index is 1.02. The summed E-state index contributed by atoms with van der Waals surface area (Å²) in [4.78, 5) is 4.71. The second-order valence-electron chi connectivity index (χ2n) is 14.9. The number of benzene rings is 7.